The second kappa shape index (κ2) is 5.47. The summed E-state index contributed by atoms with van der Waals surface area (Å²) in [6.07, 6.45) is -3.42. The minimum Gasteiger partial charge on any atom is -0.398 e. The van der Waals surface area contributed by atoms with Crippen LogP contribution in [-0.4, -0.2) is 15.7 Å². The summed E-state index contributed by atoms with van der Waals surface area (Å²) in [5.41, 5.74) is 6.54. The Balaban J connectivity index is 2.01. The number of hydrogen-bond donors (Lipinski definition) is 2. The third-order valence-corrected chi connectivity index (χ3v) is 2.80. The predicted octanol–water partition coefficient (Wildman–Crippen LogP) is 2.43. The molecule has 21 heavy (non-hydrogen) atoms. The van der Waals surface area contributed by atoms with Gasteiger partial charge in [-0.25, -0.2) is 0 Å². The molecule has 1 aromatic carbocycles. The fraction of sp³-hybridized carbons (Fsp3) is 0.231. The van der Waals surface area contributed by atoms with E-state index in [4.69, 9.17) is 5.73 Å². The zero-order valence-electron chi connectivity index (χ0n) is 11.1. The number of carbonyl (C=O) groups excluding carboxylic acids is 1. The van der Waals surface area contributed by atoms with Crippen LogP contribution in [-0.2, 0) is 17.5 Å². The second-order valence-corrected chi connectivity index (χ2v) is 4.52. The molecule has 2 rings (SSSR count). The quantitative estimate of drug-likeness (QED) is 0.855. The smallest absolute Gasteiger partial charge is 0.398 e. The number of benzene rings is 1. The van der Waals surface area contributed by atoms with E-state index in [-0.39, 0.29) is 6.54 Å². The van der Waals surface area contributed by atoms with Gasteiger partial charge in [0.2, 0.25) is 5.91 Å². The number of hydrogen-bond acceptors (Lipinski definition) is 3. The number of aryl methyl sites for hydroxylation is 1. The van der Waals surface area contributed by atoms with Crippen molar-refractivity contribution in [1.29, 1.82) is 0 Å². The molecule has 0 atom stereocenters. The maximum absolute atomic E-state index is 12.4. The third kappa shape index (κ3) is 3.74. The number of nitrogens with one attached hydrogen (secondary N) is 1. The molecule has 0 aliphatic carbocycles. The number of amides is 1. The summed E-state index contributed by atoms with van der Waals surface area (Å²) in [6.45, 7) is 1.51. The lowest BCUT2D eigenvalue weighted by Crippen LogP contribution is -2.19. The summed E-state index contributed by atoms with van der Waals surface area (Å²) in [7, 11) is 0. The number of carbonyl (C=O) groups is 1. The first kappa shape index (κ1) is 14.9. The van der Waals surface area contributed by atoms with Crippen LogP contribution < -0.4 is 11.1 Å². The first-order chi connectivity index (χ1) is 9.75. The molecule has 5 nitrogen and oxygen atoms in total. The molecule has 1 aromatic heterocycles. The number of alkyl halides is 3. The number of nitrogens with zero attached hydrogens (tertiary/aromatic N) is 2. The molecule has 0 fully saturated rings. The van der Waals surface area contributed by atoms with Crippen LogP contribution in [0.5, 0.6) is 0 Å². The van der Waals surface area contributed by atoms with Crippen molar-refractivity contribution in [3.63, 3.8) is 0 Å². The van der Waals surface area contributed by atoms with Gasteiger partial charge in [-0.15, -0.1) is 0 Å². The van der Waals surface area contributed by atoms with Gasteiger partial charge in [0.05, 0.1) is 0 Å². The van der Waals surface area contributed by atoms with Crippen LogP contribution in [0.3, 0.4) is 0 Å². The number of nitrogens with two attached hydrogens (primary N) is 1. The number of aromatic nitrogens is 2. The Morgan fingerprint density at radius 3 is 2.67 bits per heavy atom. The lowest BCUT2D eigenvalue weighted by Gasteiger charge is -2.08. The minimum atomic E-state index is -4.52. The molecule has 0 aliphatic heterocycles. The maximum atomic E-state index is 12.4. The van der Waals surface area contributed by atoms with E-state index in [1.54, 1.807) is 18.2 Å². The average Bonchev–Trinajstić information content (AvgIpc) is 2.82. The highest BCUT2D eigenvalue weighted by molar-refractivity contribution is 5.91. The van der Waals surface area contributed by atoms with E-state index >= 15 is 0 Å². The molecule has 0 saturated heterocycles. The Labute approximate surface area is 118 Å². The summed E-state index contributed by atoms with van der Waals surface area (Å²) in [4.78, 5) is 11.7. The summed E-state index contributed by atoms with van der Waals surface area (Å²) < 4.78 is 38.1. The van der Waals surface area contributed by atoms with Crippen LogP contribution in [0, 0.1) is 6.92 Å². The minimum absolute atomic E-state index is 0.316. The zero-order valence-corrected chi connectivity index (χ0v) is 11.1. The molecule has 0 radical (unpaired) electrons. The van der Waals surface area contributed by atoms with E-state index in [1.807, 2.05) is 6.92 Å². The molecule has 8 heteroatoms. The summed E-state index contributed by atoms with van der Waals surface area (Å²) >= 11 is 0. The van der Waals surface area contributed by atoms with Crippen LogP contribution in [0.1, 0.15) is 11.3 Å². The molecule has 3 N–H and O–H groups in total. The van der Waals surface area contributed by atoms with Crippen molar-refractivity contribution in [2.75, 3.05) is 11.1 Å². The first-order valence-corrected chi connectivity index (χ1v) is 6.02. The average molecular weight is 298 g/mol. The normalized spacial score (nSPS) is 11.4. The van der Waals surface area contributed by atoms with Crippen molar-refractivity contribution in [3.8, 4) is 0 Å². The monoisotopic (exact) mass is 298 g/mol. The summed E-state index contributed by atoms with van der Waals surface area (Å²) in [6, 6.07) is 5.79. The van der Waals surface area contributed by atoms with Gasteiger partial charge in [-0.05, 0) is 30.7 Å². The molecule has 0 unspecified atom stereocenters. The largest absolute Gasteiger partial charge is 0.435 e. The number of anilines is 2. The summed E-state index contributed by atoms with van der Waals surface area (Å²) in [5, 5.41) is 5.85. The van der Waals surface area contributed by atoms with E-state index < -0.39 is 17.8 Å². The Hall–Kier alpha value is -2.51. The van der Waals surface area contributed by atoms with E-state index in [2.05, 4.69) is 10.4 Å². The van der Waals surface area contributed by atoms with Crippen molar-refractivity contribution in [3.05, 3.63) is 41.7 Å². The van der Waals surface area contributed by atoms with E-state index in [9.17, 15) is 18.0 Å². The van der Waals surface area contributed by atoms with Gasteiger partial charge in [-0.3, -0.25) is 9.48 Å². The summed E-state index contributed by atoms with van der Waals surface area (Å²) in [5.74, 6) is -0.491. The number of nitrogen functional groups attached to an aromatic ring is 1. The highest BCUT2D eigenvalue weighted by atomic mass is 19.4. The van der Waals surface area contributed by atoms with Gasteiger partial charge in [0, 0.05) is 17.6 Å². The molecular formula is C13H13F3N4O. The fourth-order valence-corrected chi connectivity index (χ4v) is 1.67. The lowest BCUT2D eigenvalue weighted by molar-refractivity contribution is -0.141. The van der Waals surface area contributed by atoms with Crippen molar-refractivity contribution in [2.24, 2.45) is 0 Å². The van der Waals surface area contributed by atoms with E-state index in [0.29, 0.717) is 11.4 Å². The second-order valence-electron chi connectivity index (χ2n) is 4.52. The molecule has 112 valence electrons. The third-order valence-electron chi connectivity index (χ3n) is 2.80. The van der Waals surface area contributed by atoms with E-state index in [1.165, 1.54) is 0 Å². The van der Waals surface area contributed by atoms with Crippen molar-refractivity contribution in [1.82, 2.24) is 9.78 Å². The van der Waals surface area contributed by atoms with Gasteiger partial charge < -0.3 is 11.1 Å². The standard InChI is InChI=1S/C13H13F3N4O/c1-8-2-3-9(6-10(8)17)18-12(21)7-20-5-4-11(19-20)13(14,15)16/h2-6H,7,17H2,1H3,(H,18,21). The van der Waals surface area contributed by atoms with Crippen molar-refractivity contribution >= 4 is 17.3 Å². The molecule has 2 aromatic rings. The molecule has 0 saturated carbocycles. The Morgan fingerprint density at radius 2 is 2.10 bits per heavy atom. The maximum Gasteiger partial charge on any atom is 0.435 e. The van der Waals surface area contributed by atoms with Crippen molar-refractivity contribution in [2.45, 2.75) is 19.6 Å². The Kier molecular flexibility index (Phi) is 3.88. The van der Waals surface area contributed by atoms with Crippen LogP contribution in [0.15, 0.2) is 30.5 Å². The molecule has 0 bridgehead atoms. The molecule has 1 amide bonds. The SMILES string of the molecule is Cc1ccc(NC(=O)Cn2ccc(C(F)(F)F)n2)cc1N. The Morgan fingerprint density at radius 1 is 1.38 bits per heavy atom. The van der Waals surface area contributed by atoms with Gasteiger partial charge in [0.15, 0.2) is 5.69 Å². The van der Waals surface area contributed by atoms with Gasteiger partial charge in [0.25, 0.3) is 0 Å². The molecular weight excluding hydrogens is 285 g/mol. The van der Waals surface area contributed by atoms with Gasteiger partial charge in [0.1, 0.15) is 6.54 Å². The number of halogens is 3. The molecule has 0 aliphatic rings. The molecule has 0 spiro atoms. The zero-order chi connectivity index (χ0) is 15.6. The lowest BCUT2D eigenvalue weighted by atomic mass is 10.2. The predicted molar refractivity (Wildman–Crippen MR) is 71.5 cm³/mol. The van der Waals surface area contributed by atoms with Crippen molar-refractivity contribution < 1.29 is 18.0 Å². The van der Waals surface area contributed by atoms with E-state index in [0.717, 1.165) is 22.5 Å². The van der Waals surface area contributed by atoms with Crippen LogP contribution >= 0.6 is 0 Å². The van der Waals surface area contributed by atoms with Crippen LogP contribution in [0.25, 0.3) is 0 Å². The topological polar surface area (TPSA) is 72.9 Å². The number of rotatable bonds is 3. The fourth-order valence-electron chi connectivity index (χ4n) is 1.67. The van der Waals surface area contributed by atoms with Gasteiger partial charge in [-0.2, -0.15) is 18.3 Å². The Bertz CT molecular complexity index is 664. The highest BCUT2D eigenvalue weighted by Crippen LogP contribution is 2.27. The van der Waals surface area contributed by atoms with Crippen LogP contribution in [0.4, 0.5) is 24.5 Å². The van der Waals surface area contributed by atoms with Gasteiger partial charge in [-0.1, -0.05) is 6.07 Å². The highest BCUT2D eigenvalue weighted by Gasteiger charge is 2.33. The van der Waals surface area contributed by atoms with Gasteiger partial charge >= 0.3 is 6.18 Å². The molecule has 1 heterocycles. The first-order valence-electron chi connectivity index (χ1n) is 6.02. The van der Waals surface area contributed by atoms with Crippen LogP contribution in [0.2, 0.25) is 0 Å².